The predicted octanol–water partition coefficient (Wildman–Crippen LogP) is 9.41. The van der Waals surface area contributed by atoms with Crippen molar-refractivity contribution in [3.05, 3.63) is 152 Å². The number of nitrogens with zero attached hydrogens (tertiary/aromatic N) is 5. The summed E-state index contributed by atoms with van der Waals surface area (Å²) >= 11 is 0. The number of carbonyl (C=O) groups excluding carboxylic acids is 2. The SMILES string of the molecule is Cc1ncc(NC(=O)Nc2c(-c3cccc(-c4ncc(NC(=O)Nc5ccccn5)c(-c5ccccc5)n4)c3)[nH]c3ccccc23)c(-c2ccccc2)n1. The van der Waals surface area contributed by atoms with Crippen molar-refractivity contribution >= 4 is 45.8 Å². The Hall–Kier alpha value is -7.73. The fraction of sp³-hybridized carbons (Fsp3) is 0.0238. The van der Waals surface area contributed by atoms with Gasteiger partial charge in [0.05, 0.1) is 46.5 Å². The number of fused-ring (bicyclic) bond motifs is 1. The van der Waals surface area contributed by atoms with E-state index in [-0.39, 0.29) is 0 Å². The summed E-state index contributed by atoms with van der Waals surface area (Å²) in [7, 11) is 0. The van der Waals surface area contributed by atoms with Gasteiger partial charge in [0, 0.05) is 39.4 Å². The van der Waals surface area contributed by atoms with Crippen molar-refractivity contribution < 1.29 is 9.59 Å². The largest absolute Gasteiger partial charge is 0.353 e. The third-order valence-corrected chi connectivity index (χ3v) is 8.55. The van der Waals surface area contributed by atoms with Crippen molar-refractivity contribution in [2.24, 2.45) is 0 Å². The Kier molecular flexibility index (Phi) is 9.20. The second-order valence-corrected chi connectivity index (χ2v) is 12.2. The highest BCUT2D eigenvalue weighted by atomic mass is 16.2. The lowest BCUT2D eigenvalue weighted by Gasteiger charge is -2.14. The number of benzene rings is 4. The fourth-order valence-electron chi connectivity index (χ4n) is 6.08. The molecular formula is C42H32N10O2. The lowest BCUT2D eigenvalue weighted by Crippen LogP contribution is -2.21. The number of nitrogens with one attached hydrogen (secondary N) is 5. The van der Waals surface area contributed by atoms with Crippen LogP contribution in [0.2, 0.25) is 0 Å². The summed E-state index contributed by atoms with van der Waals surface area (Å²) in [6.45, 7) is 1.81. The second-order valence-electron chi connectivity index (χ2n) is 12.2. The summed E-state index contributed by atoms with van der Waals surface area (Å²) in [4.78, 5) is 52.8. The highest BCUT2D eigenvalue weighted by molar-refractivity contribution is 6.11. The zero-order valence-corrected chi connectivity index (χ0v) is 28.9. The van der Waals surface area contributed by atoms with E-state index in [0.717, 1.165) is 33.2 Å². The lowest BCUT2D eigenvalue weighted by atomic mass is 10.1. The molecule has 0 aliphatic rings. The van der Waals surface area contributed by atoms with Gasteiger partial charge in [-0.2, -0.15) is 0 Å². The lowest BCUT2D eigenvalue weighted by molar-refractivity contribution is 0.261. The van der Waals surface area contributed by atoms with Gasteiger partial charge in [-0.05, 0) is 31.2 Å². The maximum atomic E-state index is 13.7. The van der Waals surface area contributed by atoms with Gasteiger partial charge < -0.3 is 20.9 Å². The number of rotatable bonds is 8. The Labute approximate surface area is 309 Å². The molecule has 0 aliphatic carbocycles. The van der Waals surface area contributed by atoms with Crippen LogP contribution in [0.25, 0.3) is 56.1 Å². The first-order valence-corrected chi connectivity index (χ1v) is 17.1. The zero-order valence-electron chi connectivity index (χ0n) is 28.9. The number of carbonyl (C=O) groups is 2. The molecule has 4 heterocycles. The Balaban J connectivity index is 1.12. The molecule has 0 bridgehead atoms. The average molecular weight is 709 g/mol. The van der Waals surface area contributed by atoms with Crippen LogP contribution in [0, 0.1) is 6.92 Å². The third-order valence-electron chi connectivity index (χ3n) is 8.55. The van der Waals surface area contributed by atoms with Gasteiger partial charge in [-0.1, -0.05) is 103 Å². The number of aromatic amines is 1. The van der Waals surface area contributed by atoms with Gasteiger partial charge in [-0.15, -0.1) is 0 Å². The van der Waals surface area contributed by atoms with Crippen LogP contribution >= 0.6 is 0 Å². The van der Waals surface area contributed by atoms with Crippen molar-refractivity contribution in [3.8, 4) is 45.2 Å². The summed E-state index contributed by atoms with van der Waals surface area (Å²) in [5, 5.41) is 12.5. The molecule has 4 aromatic heterocycles. The minimum absolute atomic E-state index is 0.412. The number of hydrogen-bond donors (Lipinski definition) is 5. The van der Waals surface area contributed by atoms with E-state index >= 15 is 0 Å². The van der Waals surface area contributed by atoms with Gasteiger partial charge in [0.15, 0.2) is 5.82 Å². The summed E-state index contributed by atoms with van der Waals surface area (Å²) in [6, 6.07) is 39.1. The molecule has 12 heteroatoms. The monoisotopic (exact) mass is 708 g/mol. The molecule has 0 aliphatic heterocycles. The Morgan fingerprint density at radius 3 is 1.89 bits per heavy atom. The van der Waals surface area contributed by atoms with Crippen LogP contribution in [-0.4, -0.2) is 42.0 Å². The van der Waals surface area contributed by atoms with E-state index in [1.54, 1.807) is 36.8 Å². The molecule has 0 saturated heterocycles. The first-order valence-electron chi connectivity index (χ1n) is 17.1. The maximum absolute atomic E-state index is 13.7. The summed E-state index contributed by atoms with van der Waals surface area (Å²) < 4.78 is 0. The highest BCUT2D eigenvalue weighted by Gasteiger charge is 2.19. The molecule has 5 N–H and O–H groups in total. The average Bonchev–Trinajstić information content (AvgIpc) is 3.57. The zero-order chi connectivity index (χ0) is 36.9. The summed E-state index contributed by atoms with van der Waals surface area (Å²) in [5.41, 5.74) is 7.39. The predicted molar refractivity (Wildman–Crippen MR) is 212 cm³/mol. The van der Waals surface area contributed by atoms with E-state index in [4.69, 9.17) is 4.98 Å². The molecule has 0 unspecified atom stereocenters. The van der Waals surface area contributed by atoms with Crippen molar-refractivity contribution in [3.63, 3.8) is 0 Å². The van der Waals surface area contributed by atoms with Crippen LogP contribution in [0.5, 0.6) is 0 Å². The molecule has 8 rings (SSSR count). The fourth-order valence-corrected chi connectivity index (χ4v) is 6.08. The highest BCUT2D eigenvalue weighted by Crippen LogP contribution is 2.37. The van der Waals surface area contributed by atoms with Crippen LogP contribution in [-0.2, 0) is 0 Å². The van der Waals surface area contributed by atoms with Crippen molar-refractivity contribution in [2.75, 3.05) is 21.3 Å². The number of hydrogen-bond acceptors (Lipinski definition) is 7. The van der Waals surface area contributed by atoms with Gasteiger partial charge >= 0.3 is 12.1 Å². The number of para-hydroxylation sites is 1. The van der Waals surface area contributed by atoms with E-state index in [1.807, 2.05) is 116 Å². The molecule has 0 atom stereocenters. The van der Waals surface area contributed by atoms with E-state index in [1.165, 1.54) is 0 Å². The van der Waals surface area contributed by atoms with E-state index in [0.29, 0.717) is 51.6 Å². The molecular weight excluding hydrogens is 677 g/mol. The smallest absolute Gasteiger partial charge is 0.324 e. The van der Waals surface area contributed by atoms with Gasteiger partial charge in [0.1, 0.15) is 11.6 Å². The molecule has 0 saturated carbocycles. The van der Waals surface area contributed by atoms with Crippen LogP contribution in [0.15, 0.2) is 146 Å². The van der Waals surface area contributed by atoms with Crippen molar-refractivity contribution in [1.29, 1.82) is 0 Å². The number of H-pyrrole nitrogens is 1. The first-order chi connectivity index (χ1) is 26.5. The topological polar surface area (TPSA) is 162 Å². The van der Waals surface area contributed by atoms with Gasteiger partial charge in [0.25, 0.3) is 0 Å². The Morgan fingerprint density at radius 1 is 0.556 bits per heavy atom. The standard InChI is InChI=1S/C42H32N10O2/c1-26-44-24-33(36(46-26)27-13-4-2-5-14-27)49-42(54)52-39-31-19-8-9-20-32(31)47-38(39)29-17-12-18-30(23-29)40-45-25-34(37(51-40)28-15-6-3-7-16-28)48-41(53)50-35-21-10-11-22-43-35/h2-25,47H,1H3,(H2,49,52,54)(H2,43,48,50,53). The van der Waals surface area contributed by atoms with Crippen LogP contribution in [0.3, 0.4) is 0 Å². The molecule has 4 aromatic carbocycles. The molecule has 0 radical (unpaired) electrons. The van der Waals surface area contributed by atoms with Crippen LogP contribution in [0.4, 0.5) is 32.5 Å². The number of pyridine rings is 1. The molecule has 8 aromatic rings. The number of amides is 4. The van der Waals surface area contributed by atoms with E-state index < -0.39 is 12.1 Å². The Morgan fingerprint density at radius 2 is 1.17 bits per heavy atom. The van der Waals surface area contributed by atoms with Gasteiger partial charge in [-0.3, -0.25) is 5.32 Å². The molecule has 0 fully saturated rings. The molecule has 12 nitrogen and oxygen atoms in total. The Bertz CT molecular complexity index is 2610. The first kappa shape index (κ1) is 33.4. The van der Waals surface area contributed by atoms with E-state index in [9.17, 15) is 9.59 Å². The minimum atomic E-state index is -0.474. The minimum Gasteiger partial charge on any atom is -0.353 e. The van der Waals surface area contributed by atoms with Gasteiger partial charge in [0.2, 0.25) is 0 Å². The molecule has 54 heavy (non-hydrogen) atoms. The summed E-state index contributed by atoms with van der Waals surface area (Å²) in [5.74, 6) is 1.45. The van der Waals surface area contributed by atoms with Crippen molar-refractivity contribution in [2.45, 2.75) is 6.92 Å². The third kappa shape index (κ3) is 7.20. The van der Waals surface area contributed by atoms with E-state index in [2.05, 4.69) is 46.2 Å². The van der Waals surface area contributed by atoms with Crippen LogP contribution < -0.4 is 21.3 Å². The molecule has 4 amide bonds. The van der Waals surface area contributed by atoms with Crippen LogP contribution in [0.1, 0.15) is 5.82 Å². The molecule has 262 valence electrons. The number of aryl methyl sites for hydroxylation is 1. The molecule has 0 spiro atoms. The second kappa shape index (κ2) is 14.9. The van der Waals surface area contributed by atoms with Crippen molar-refractivity contribution in [1.82, 2.24) is 29.9 Å². The normalized spacial score (nSPS) is 10.8. The number of aromatic nitrogens is 6. The number of urea groups is 2. The maximum Gasteiger partial charge on any atom is 0.324 e. The number of anilines is 4. The van der Waals surface area contributed by atoms with Gasteiger partial charge in [-0.25, -0.2) is 34.5 Å². The quantitative estimate of drug-likeness (QED) is 0.105. The summed E-state index contributed by atoms with van der Waals surface area (Å²) in [6.07, 6.45) is 4.80.